The summed E-state index contributed by atoms with van der Waals surface area (Å²) in [4.78, 5) is 31.9. The molecule has 0 N–H and O–H groups in total. The van der Waals surface area contributed by atoms with Crippen molar-refractivity contribution in [1.82, 2.24) is 4.57 Å². The number of hydrogen-bond acceptors (Lipinski definition) is 7. The molecular formula is C29H30N2O5S. The zero-order valence-corrected chi connectivity index (χ0v) is 22.3. The highest BCUT2D eigenvalue weighted by molar-refractivity contribution is 7.07. The van der Waals surface area contributed by atoms with Gasteiger partial charge in [-0.25, -0.2) is 9.79 Å². The lowest BCUT2D eigenvalue weighted by atomic mass is 9.95. The number of hydrogen-bond donors (Lipinski definition) is 0. The Labute approximate surface area is 219 Å². The van der Waals surface area contributed by atoms with E-state index >= 15 is 0 Å². The summed E-state index contributed by atoms with van der Waals surface area (Å²) in [5, 5.41) is 0. The molecule has 1 aliphatic rings. The molecule has 0 saturated carbocycles. The molecule has 0 aliphatic carbocycles. The average molecular weight is 519 g/mol. The molecule has 2 aromatic carbocycles. The number of aryl methyl sites for hydroxylation is 1. The van der Waals surface area contributed by atoms with E-state index in [0.29, 0.717) is 45.3 Å². The van der Waals surface area contributed by atoms with Gasteiger partial charge in [-0.3, -0.25) is 9.36 Å². The Hall–Kier alpha value is -3.91. The smallest absolute Gasteiger partial charge is 0.338 e. The van der Waals surface area contributed by atoms with Crippen LogP contribution in [0.25, 0.3) is 6.08 Å². The van der Waals surface area contributed by atoms with Crippen molar-refractivity contribution in [2.75, 3.05) is 19.8 Å². The minimum Gasteiger partial charge on any atom is -0.490 e. The Morgan fingerprint density at radius 3 is 2.51 bits per heavy atom. The van der Waals surface area contributed by atoms with Crippen LogP contribution in [0.5, 0.6) is 11.5 Å². The lowest BCUT2D eigenvalue weighted by Crippen LogP contribution is -2.39. The summed E-state index contributed by atoms with van der Waals surface area (Å²) in [5.74, 6) is 0.721. The number of carbonyl (C=O) groups excluding carboxylic acids is 1. The lowest BCUT2D eigenvalue weighted by molar-refractivity contribution is -0.139. The molecule has 0 amide bonds. The van der Waals surface area contributed by atoms with Gasteiger partial charge in [0.1, 0.15) is 6.61 Å². The number of fused-ring (bicyclic) bond motifs is 1. The molecular weight excluding hydrogens is 488 g/mol. The number of aromatic nitrogens is 1. The fourth-order valence-electron chi connectivity index (χ4n) is 4.16. The van der Waals surface area contributed by atoms with Crippen LogP contribution in [0, 0.1) is 6.92 Å². The van der Waals surface area contributed by atoms with Gasteiger partial charge >= 0.3 is 5.97 Å². The van der Waals surface area contributed by atoms with E-state index in [4.69, 9.17) is 14.2 Å². The van der Waals surface area contributed by atoms with Crippen LogP contribution in [0.4, 0.5) is 0 Å². The van der Waals surface area contributed by atoms with Gasteiger partial charge in [-0.15, -0.1) is 0 Å². The second kappa shape index (κ2) is 11.4. The van der Waals surface area contributed by atoms with Gasteiger partial charge in [0, 0.05) is 0 Å². The molecule has 7 nitrogen and oxygen atoms in total. The summed E-state index contributed by atoms with van der Waals surface area (Å²) < 4.78 is 18.9. The first-order valence-corrected chi connectivity index (χ1v) is 13.0. The highest BCUT2D eigenvalue weighted by Crippen LogP contribution is 2.31. The highest BCUT2D eigenvalue weighted by Gasteiger charge is 2.33. The number of allylic oxidation sites excluding steroid dienone is 1. The van der Waals surface area contributed by atoms with Crippen LogP contribution in [-0.4, -0.2) is 30.4 Å². The van der Waals surface area contributed by atoms with E-state index in [2.05, 4.69) is 11.6 Å². The normalized spacial score (nSPS) is 15.1. The summed E-state index contributed by atoms with van der Waals surface area (Å²) in [7, 11) is 0. The maximum atomic E-state index is 13.8. The second-order valence-electron chi connectivity index (χ2n) is 8.45. The van der Waals surface area contributed by atoms with Gasteiger partial charge in [0.25, 0.3) is 5.56 Å². The maximum absolute atomic E-state index is 13.8. The standard InChI is InChI=1S/C29H30N2O5S/c1-6-15-36-22-14-11-20(16-23(22)34-7-2)17-24-27(32)31-26(21-12-9-18(4)10-13-21)25(28(33)35-8-3)19(5)30-29(31)37-24/h6,9-14,16-17,26H,1,7-8,15H2,2-5H3. The van der Waals surface area contributed by atoms with Gasteiger partial charge in [-0.2, -0.15) is 0 Å². The van der Waals surface area contributed by atoms with Gasteiger partial charge in [-0.1, -0.05) is 59.9 Å². The number of thiazole rings is 1. The zero-order valence-electron chi connectivity index (χ0n) is 21.4. The molecule has 37 heavy (non-hydrogen) atoms. The summed E-state index contributed by atoms with van der Waals surface area (Å²) >= 11 is 1.28. The quantitative estimate of drug-likeness (QED) is 0.315. The van der Waals surface area contributed by atoms with Crippen molar-refractivity contribution in [3.05, 3.63) is 103 Å². The molecule has 192 valence electrons. The van der Waals surface area contributed by atoms with E-state index in [-0.39, 0.29) is 12.2 Å². The van der Waals surface area contributed by atoms with Crippen LogP contribution in [-0.2, 0) is 9.53 Å². The highest BCUT2D eigenvalue weighted by atomic mass is 32.1. The SMILES string of the molecule is C=CCOc1ccc(C=c2sc3n(c2=O)C(c2ccc(C)cc2)C(C(=O)OCC)=C(C)N=3)cc1OCC. The molecule has 1 aromatic heterocycles. The first-order chi connectivity index (χ1) is 17.9. The molecule has 1 unspecified atom stereocenters. The van der Waals surface area contributed by atoms with Crippen molar-refractivity contribution in [3.63, 3.8) is 0 Å². The van der Waals surface area contributed by atoms with Crippen LogP contribution in [0.1, 0.15) is 43.5 Å². The number of nitrogens with zero attached hydrogens (tertiary/aromatic N) is 2. The van der Waals surface area contributed by atoms with E-state index < -0.39 is 12.0 Å². The van der Waals surface area contributed by atoms with Crippen molar-refractivity contribution in [2.45, 2.75) is 33.7 Å². The molecule has 4 rings (SSSR count). The van der Waals surface area contributed by atoms with Crippen LogP contribution in [0.2, 0.25) is 0 Å². The Morgan fingerprint density at radius 2 is 1.84 bits per heavy atom. The van der Waals surface area contributed by atoms with Crippen molar-refractivity contribution in [3.8, 4) is 11.5 Å². The van der Waals surface area contributed by atoms with E-state index in [1.807, 2.05) is 56.3 Å². The molecule has 0 bridgehead atoms. The minimum absolute atomic E-state index is 0.228. The Kier molecular flexibility index (Phi) is 8.08. The Morgan fingerprint density at radius 1 is 1.08 bits per heavy atom. The van der Waals surface area contributed by atoms with Crippen LogP contribution >= 0.6 is 11.3 Å². The number of benzene rings is 2. The molecule has 0 fully saturated rings. The summed E-state index contributed by atoms with van der Waals surface area (Å²) in [6, 6.07) is 12.7. The first kappa shape index (κ1) is 26.2. The maximum Gasteiger partial charge on any atom is 0.338 e. The summed E-state index contributed by atoms with van der Waals surface area (Å²) in [5.41, 5.74) is 3.37. The van der Waals surface area contributed by atoms with E-state index in [1.54, 1.807) is 30.6 Å². The van der Waals surface area contributed by atoms with Gasteiger partial charge in [0.05, 0.1) is 35.1 Å². The van der Waals surface area contributed by atoms with Crippen LogP contribution in [0.3, 0.4) is 0 Å². The third kappa shape index (κ3) is 5.44. The summed E-state index contributed by atoms with van der Waals surface area (Å²) in [6.07, 6.45) is 3.47. The number of carbonyl (C=O) groups is 1. The predicted molar refractivity (Wildman–Crippen MR) is 145 cm³/mol. The fraction of sp³-hybridized carbons (Fsp3) is 0.276. The monoisotopic (exact) mass is 518 g/mol. The van der Waals surface area contributed by atoms with Gasteiger partial charge < -0.3 is 14.2 Å². The Bertz CT molecular complexity index is 1530. The molecule has 0 radical (unpaired) electrons. The second-order valence-corrected chi connectivity index (χ2v) is 9.46. The lowest BCUT2D eigenvalue weighted by Gasteiger charge is -2.24. The molecule has 1 atom stereocenters. The fourth-order valence-corrected chi connectivity index (χ4v) is 5.20. The van der Waals surface area contributed by atoms with Gasteiger partial charge in [-0.05, 0) is 57.0 Å². The van der Waals surface area contributed by atoms with Gasteiger partial charge in [0.2, 0.25) is 0 Å². The third-order valence-corrected chi connectivity index (χ3v) is 6.82. The van der Waals surface area contributed by atoms with Gasteiger partial charge in [0.15, 0.2) is 16.3 Å². The zero-order chi connectivity index (χ0) is 26.5. The molecule has 0 saturated heterocycles. The molecule has 3 aromatic rings. The number of ether oxygens (including phenoxy) is 3. The molecule has 1 aliphatic heterocycles. The average Bonchev–Trinajstić information content (AvgIpc) is 3.17. The third-order valence-electron chi connectivity index (χ3n) is 5.83. The molecule has 2 heterocycles. The van der Waals surface area contributed by atoms with Crippen molar-refractivity contribution >= 4 is 23.4 Å². The van der Waals surface area contributed by atoms with Crippen LogP contribution < -0.4 is 24.4 Å². The van der Waals surface area contributed by atoms with Crippen LogP contribution in [0.15, 0.2) is 76.2 Å². The number of esters is 1. The first-order valence-electron chi connectivity index (χ1n) is 12.1. The van der Waals surface area contributed by atoms with Crippen molar-refractivity contribution in [1.29, 1.82) is 0 Å². The van der Waals surface area contributed by atoms with Crippen molar-refractivity contribution < 1.29 is 19.0 Å². The molecule has 0 spiro atoms. The molecule has 8 heteroatoms. The number of rotatable bonds is 9. The largest absolute Gasteiger partial charge is 0.490 e. The van der Waals surface area contributed by atoms with E-state index in [0.717, 1.165) is 16.7 Å². The van der Waals surface area contributed by atoms with Crippen molar-refractivity contribution in [2.24, 2.45) is 4.99 Å². The van der Waals surface area contributed by atoms with E-state index in [9.17, 15) is 9.59 Å². The minimum atomic E-state index is -0.633. The van der Waals surface area contributed by atoms with E-state index in [1.165, 1.54) is 11.3 Å². The topological polar surface area (TPSA) is 79.1 Å². The Balaban J connectivity index is 1.87. The predicted octanol–water partition coefficient (Wildman–Crippen LogP) is 4.07. The summed E-state index contributed by atoms with van der Waals surface area (Å²) in [6.45, 7) is 12.2.